The summed E-state index contributed by atoms with van der Waals surface area (Å²) in [5.74, 6) is 0. The number of imidazole rings is 1. The number of nitriles is 1. The van der Waals surface area contributed by atoms with Crippen LogP contribution >= 0.6 is 12.6 Å². The molecule has 1 heterocycles. The third-order valence-corrected chi connectivity index (χ3v) is 2.76. The first-order valence-corrected chi connectivity index (χ1v) is 5.38. The number of aromatic amines is 1. The van der Waals surface area contributed by atoms with Crippen molar-refractivity contribution in [1.29, 1.82) is 10.8 Å². The van der Waals surface area contributed by atoms with Gasteiger partial charge in [0.05, 0.1) is 12.0 Å². The lowest BCUT2D eigenvalue weighted by molar-refractivity contribution is 0.224. The van der Waals surface area contributed by atoms with E-state index >= 15 is 0 Å². The summed E-state index contributed by atoms with van der Waals surface area (Å²) in [6, 6.07) is -0.869. The summed E-state index contributed by atoms with van der Waals surface area (Å²) in [6.45, 7) is 2.04. The van der Waals surface area contributed by atoms with Crippen LogP contribution in [0.2, 0.25) is 0 Å². The number of rotatable bonds is 4. The predicted octanol–water partition coefficient (Wildman–Crippen LogP) is 2.01. The second kappa shape index (κ2) is 6.00. The molecular formula is C9H12N6OS. The lowest BCUT2D eigenvalue weighted by atomic mass is 10.2. The molecule has 0 fully saturated rings. The van der Waals surface area contributed by atoms with Crippen molar-refractivity contribution in [2.45, 2.75) is 18.6 Å². The molecule has 2 amide bonds. The van der Waals surface area contributed by atoms with Gasteiger partial charge < -0.3 is 4.98 Å². The van der Waals surface area contributed by atoms with E-state index in [1.165, 1.54) is 0 Å². The fraction of sp³-hybridized carbons (Fsp3) is 0.444. The molecule has 0 aliphatic rings. The standard InChI is InChI=1S/C9H12N6OS/c1-6-8(13-5-12-6)7(17)2-3-15(4-10)9(16)14-11/h5,7,11,17H,2-3H2,1H3,(H,12,13). The van der Waals surface area contributed by atoms with Crippen molar-refractivity contribution >= 4 is 18.7 Å². The monoisotopic (exact) mass is 252 g/mol. The van der Waals surface area contributed by atoms with Crippen LogP contribution in [-0.4, -0.2) is 27.4 Å². The molecule has 0 radical (unpaired) electrons. The molecule has 1 unspecified atom stereocenters. The molecule has 2 N–H and O–H groups in total. The molecule has 0 spiro atoms. The zero-order valence-corrected chi connectivity index (χ0v) is 10.1. The van der Waals surface area contributed by atoms with E-state index in [0.717, 1.165) is 16.3 Å². The second-order valence-electron chi connectivity index (χ2n) is 3.36. The Morgan fingerprint density at radius 3 is 3.06 bits per heavy atom. The van der Waals surface area contributed by atoms with Crippen LogP contribution in [0.5, 0.6) is 0 Å². The van der Waals surface area contributed by atoms with Gasteiger partial charge in [0.25, 0.3) is 0 Å². The summed E-state index contributed by atoms with van der Waals surface area (Å²) >= 11 is 4.36. The van der Waals surface area contributed by atoms with Gasteiger partial charge in [0.1, 0.15) is 0 Å². The second-order valence-corrected chi connectivity index (χ2v) is 3.99. The van der Waals surface area contributed by atoms with Gasteiger partial charge in [-0.15, -0.1) is 0 Å². The Labute approximate surface area is 104 Å². The summed E-state index contributed by atoms with van der Waals surface area (Å²) < 4.78 is 0. The van der Waals surface area contributed by atoms with E-state index in [1.54, 1.807) is 12.5 Å². The van der Waals surface area contributed by atoms with Crippen molar-refractivity contribution in [2.24, 2.45) is 5.11 Å². The molecule has 1 aromatic rings. The average molecular weight is 252 g/mol. The first-order valence-electron chi connectivity index (χ1n) is 4.86. The van der Waals surface area contributed by atoms with Crippen LogP contribution in [-0.2, 0) is 0 Å². The smallest absolute Gasteiger partial charge is 0.348 e. The summed E-state index contributed by atoms with van der Waals surface area (Å²) in [6.07, 6.45) is 3.71. The topological polar surface area (TPSA) is 109 Å². The van der Waals surface area contributed by atoms with Crippen LogP contribution in [0, 0.1) is 23.9 Å². The minimum atomic E-state index is -0.869. The maximum absolute atomic E-state index is 11.0. The largest absolute Gasteiger partial charge is 0.374 e. The number of carbonyl (C=O) groups is 1. The van der Waals surface area contributed by atoms with Crippen LogP contribution < -0.4 is 0 Å². The van der Waals surface area contributed by atoms with E-state index in [2.05, 4.69) is 27.7 Å². The highest BCUT2D eigenvalue weighted by Crippen LogP contribution is 2.24. The summed E-state index contributed by atoms with van der Waals surface area (Å²) in [5.41, 5.74) is 8.25. The minimum Gasteiger partial charge on any atom is -0.348 e. The quantitative estimate of drug-likeness (QED) is 0.330. The highest BCUT2D eigenvalue weighted by Gasteiger charge is 2.16. The molecule has 7 nitrogen and oxygen atoms in total. The van der Waals surface area contributed by atoms with Gasteiger partial charge in [-0.1, -0.05) is 5.11 Å². The van der Waals surface area contributed by atoms with Gasteiger partial charge in [0.15, 0.2) is 6.19 Å². The first-order chi connectivity index (χ1) is 8.10. The lowest BCUT2D eigenvalue weighted by Crippen LogP contribution is -2.24. The average Bonchev–Trinajstić information content (AvgIpc) is 2.75. The third-order valence-electron chi connectivity index (χ3n) is 2.26. The fourth-order valence-corrected chi connectivity index (χ4v) is 1.72. The van der Waals surface area contributed by atoms with Crippen LogP contribution in [0.4, 0.5) is 4.79 Å². The highest BCUT2D eigenvalue weighted by molar-refractivity contribution is 7.80. The van der Waals surface area contributed by atoms with Gasteiger partial charge in [-0.2, -0.15) is 23.4 Å². The Balaban J connectivity index is 2.56. The fourth-order valence-electron chi connectivity index (χ4n) is 1.34. The van der Waals surface area contributed by atoms with Crippen molar-refractivity contribution in [3.8, 4) is 6.19 Å². The molecule has 1 atom stereocenters. The van der Waals surface area contributed by atoms with Gasteiger partial charge in [0, 0.05) is 17.5 Å². The number of hydrogen-bond donors (Lipinski definition) is 3. The van der Waals surface area contributed by atoms with Gasteiger partial charge in [0.2, 0.25) is 0 Å². The highest BCUT2D eigenvalue weighted by atomic mass is 32.1. The zero-order valence-electron chi connectivity index (χ0n) is 9.21. The summed E-state index contributed by atoms with van der Waals surface area (Å²) in [4.78, 5) is 18.9. The molecule has 8 heteroatoms. The number of nitrogens with zero attached hydrogens (tertiary/aromatic N) is 4. The summed E-state index contributed by atoms with van der Waals surface area (Å²) in [7, 11) is 0. The Morgan fingerprint density at radius 1 is 1.88 bits per heavy atom. The number of urea groups is 1. The van der Waals surface area contributed by atoms with Crippen molar-refractivity contribution < 1.29 is 4.79 Å². The molecule has 0 aromatic carbocycles. The maximum atomic E-state index is 11.0. The normalized spacial score (nSPS) is 11.6. The van der Waals surface area contributed by atoms with E-state index in [-0.39, 0.29) is 11.8 Å². The van der Waals surface area contributed by atoms with Crippen molar-refractivity contribution in [1.82, 2.24) is 14.9 Å². The Bertz CT molecular complexity index is 451. The van der Waals surface area contributed by atoms with Crippen LogP contribution in [0.3, 0.4) is 0 Å². The minimum absolute atomic E-state index is 0.165. The molecule has 0 saturated heterocycles. The molecule has 1 rings (SSSR count). The molecule has 0 aliphatic heterocycles. The van der Waals surface area contributed by atoms with Crippen molar-refractivity contribution in [2.75, 3.05) is 6.54 Å². The number of H-pyrrole nitrogens is 1. The van der Waals surface area contributed by atoms with E-state index in [9.17, 15) is 4.79 Å². The van der Waals surface area contributed by atoms with Crippen molar-refractivity contribution in [3.63, 3.8) is 0 Å². The van der Waals surface area contributed by atoms with Gasteiger partial charge in [-0.3, -0.25) is 0 Å². The van der Waals surface area contributed by atoms with Crippen LogP contribution in [0.15, 0.2) is 11.4 Å². The number of aromatic nitrogens is 2. The van der Waals surface area contributed by atoms with Crippen LogP contribution in [0.1, 0.15) is 23.1 Å². The number of hydrogen-bond acceptors (Lipinski definition) is 5. The zero-order chi connectivity index (χ0) is 12.8. The predicted molar refractivity (Wildman–Crippen MR) is 62.5 cm³/mol. The SMILES string of the molecule is Cc1[nH]cnc1C(S)CCN(C#N)C(=O)N=N. The Kier molecular flexibility index (Phi) is 4.66. The Hall–Kier alpha value is -1.88. The molecule has 90 valence electrons. The van der Waals surface area contributed by atoms with E-state index in [4.69, 9.17) is 10.8 Å². The van der Waals surface area contributed by atoms with Crippen LogP contribution in [0.25, 0.3) is 0 Å². The van der Waals surface area contributed by atoms with Gasteiger partial charge in [-0.05, 0) is 13.3 Å². The van der Waals surface area contributed by atoms with Crippen molar-refractivity contribution in [3.05, 3.63) is 17.7 Å². The number of amides is 2. The van der Waals surface area contributed by atoms with E-state index < -0.39 is 6.03 Å². The van der Waals surface area contributed by atoms with E-state index in [0.29, 0.717) is 6.42 Å². The summed E-state index contributed by atoms with van der Waals surface area (Å²) in [5, 5.41) is 11.2. The molecule has 0 aliphatic carbocycles. The molecular weight excluding hydrogens is 240 g/mol. The molecule has 1 aromatic heterocycles. The third kappa shape index (κ3) is 3.29. The number of thiol groups is 1. The Morgan fingerprint density at radius 2 is 2.59 bits per heavy atom. The number of carbonyl (C=O) groups excluding carboxylic acids is 1. The maximum Gasteiger partial charge on any atom is 0.374 e. The molecule has 0 saturated carbocycles. The van der Waals surface area contributed by atoms with Gasteiger partial charge in [-0.25, -0.2) is 14.7 Å². The molecule has 17 heavy (non-hydrogen) atoms. The first kappa shape index (κ1) is 13.2. The number of aryl methyl sites for hydroxylation is 1. The van der Waals surface area contributed by atoms with Gasteiger partial charge >= 0.3 is 6.03 Å². The molecule has 0 bridgehead atoms. The lowest BCUT2D eigenvalue weighted by Gasteiger charge is -2.13. The number of nitrogens with one attached hydrogen (secondary N) is 2. The van der Waals surface area contributed by atoms with E-state index in [1.807, 2.05) is 6.92 Å².